The van der Waals surface area contributed by atoms with Crippen molar-refractivity contribution >= 4 is 11.9 Å². The van der Waals surface area contributed by atoms with E-state index in [0.717, 1.165) is 6.07 Å². The SMILES string of the molecule is CC(C)(NC(=O)c1ccc(=O)[nH]n1)C(=O)O. The molecule has 0 saturated heterocycles. The van der Waals surface area contributed by atoms with E-state index in [1.165, 1.54) is 19.9 Å². The zero-order valence-corrected chi connectivity index (χ0v) is 8.77. The number of nitrogens with zero attached hydrogens (tertiary/aromatic N) is 1. The van der Waals surface area contributed by atoms with Crippen molar-refractivity contribution in [3.05, 3.63) is 28.2 Å². The van der Waals surface area contributed by atoms with Gasteiger partial charge in [0.25, 0.3) is 11.5 Å². The Morgan fingerprint density at radius 2 is 2.06 bits per heavy atom. The first kappa shape index (κ1) is 11.9. The zero-order valence-electron chi connectivity index (χ0n) is 8.77. The van der Waals surface area contributed by atoms with Crippen LogP contribution < -0.4 is 10.9 Å². The van der Waals surface area contributed by atoms with Crippen molar-refractivity contribution in [3.63, 3.8) is 0 Å². The van der Waals surface area contributed by atoms with Crippen LogP contribution in [-0.4, -0.2) is 32.7 Å². The van der Waals surface area contributed by atoms with Gasteiger partial charge < -0.3 is 10.4 Å². The lowest BCUT2D eigenvalue weighted by molar-refractivity contribution is -0.143. The van der Waals surface area contributed by atoms with Gasteiger partial charge in [-0.15, -0.1) is 0 Å². The number of carboxylic acid groups (broad SMARTS) is 1. The molecule has 0 atom stereocenters. The summed E-state index contributed by atoms with van der Waals surface area (Å²) in [5.74, 6) is -1.83. The number of rotatable bonds is 3. The maximum Gasteiger partial charge on any atom is 0.328 e. The normalized spacial score (nSPS) is 10.9. The predicted octanol–water partition coefficient (Wildman–Crippen LogP) is -0.637. The molecule has 0 fully saturated rings. The quantitative estimate of drug-likeness (QED) is 0.633. The van der Waals surface area contributed by atoms with Gasteiger partial charge in [0.05, 0.1) is 0 Å². The van der Waals surface area contributed by atoms with E-state index < -0.39 is 23.0 Å². The van der Waals surface area contributed by atoms with Crippen LogP contribution >= 0.6 is 0 Å². The Hall–Kier alpha value is -2.18. The van der Waals surface area contributed by atoms with E-state index in [4.69, 9.17) is 5.11 Å². The number of aromatic nitrogens is 2. The number of H-pyrrole nitrogens is 1. The predicted molar refractivity (Wildman–Crippen MR) is 54.0 cm³/mol. The molecule has 7 heteroatoms. The standard InChI is InChI=1S/C9H11N3O4/c1-9(2,8(15)16)10-7(14)5-3-4-6(13)12-11-5/h3-4H,1-2H3,(H,10,14)(H,12,13)(H,15,16). The number of aromatic amines is 1. The van der Waals surface area contributed by atoms with Crippen LogP contribution in [0.3, 0.4) is 0 Å². The third kappa shape index (κ3) is 2.66. The number of carbonyl (C=O) groups is 2. The number of carboxylic acids is 1. The molecule has 7 nitrogen and oxygen atoms in total. The third-order valence-electron chi connectivity index (χ3n) is 1.87. The van der Waals surface area contributed by atoms with Crippen LogP contribution in [0.5, 0.6) is 0 Å². The minimum Gasteiger partial charge on any atom is -0.480 e. The van der Waals surface area contributed by atoms with Crippen molar-refractivity contribution in [1.29, 1.82) is 0 Å². The van der Waals surface area contributed by atoms with Crippen LogP contribution in [-0.2, 0) is 4.79 Å². The second-order valence-corrected chi connectivity index (χ2v) is 3.69. The highest BCUT2D eigenvalue weighted by Crippen LogP contribution is 2.03. The van der Waals surface area contributed by atoms with Gasteiger partial charge in [0.2, 0.25) is 0 Å². The molecule has 3 N–H and O–H groups in total. The average molecular weight is 225 g/mol. The molecule has 0 aliphatic rings. The van der Waals surface area contributed by atoms with Crippen molar-refractivity contribution in [2.75, 3.05) is 0 Å². The number of hydrogen-bond donors (Lipinski definition) is 3. The van der Waals surface area contributed by atoms with Crippen LogP contribution in [0, 0.1) is 0 Å². The molecule has 0 radical (unpaired) electrons. The fourth-order valence-electron chi connectivity index (χ4n) is 0.872. The molecule has 0 bridgehead atoms. The van der Waals surface area contributed by atoms with E-state index in [9.17, 15) is 14.4 Å². The van der Waals surface area contributed by atoms with Gasteiger partial charge >= 0.3 is 5.97 Å². The summed E-state index contributed by atoms with van der Waals surface area (Å²) >= 11 is 0. The molecule has 1 aromatic heterocycles. The smallest absolute Gasteiger partial charge is 0.328 e. The minimum atomic E-state index is -1.39. The summed E-state index contributed by atoms with van der Waals surface area (Å²) < 4.78 is 0. The maximum atomic E-state index is 11.5. The molecule has 1 heterocycles. The summed E-state index contributed by atoms with van der Waals surface area (Å²) in [5.41, 5.74) is -1.88. The van der Waals surface area contributed by atoms with Crippen LogP contribution in [0.2, 0.25) is 0 Å². The Labute approximate surface area is 90.5 Å². The van der Waals surface area contributed by atoms with Gasteiger partial charge in [0, 0.05) is 6.07 Å². The molecule has 0 aliphatic carbocycles. The van der Waals surface area contributed by atoms with E-state index in [0.29, 0.717) is 0 Å². The first-order valence-electron chi connectivity index (χ1n) is 4.44. The lowest BCUT2D eigenvalue weighted by Gasteiger charge is -2.20. The van der Waals surface area contributed by atoms with E-state index in [1.54, 1.807) is 0 Å². The highest BCUT2D eigenvalue weighted by molar-refractivity contribution is 5.95. The summed E-state index contributed by atoms with van der Waals surface area (Å²) in [6.45, 7) is 2.69. The maximum absolute atomic E-state index is 11.5. The number of hydrogen-bond acceptors (Lipinski definition) is 4. The molecule has 16 heavy (non-hydrogen) atoms. The van der Waals surface area contributed by atoms with Crippen molar-refractivity contribution < 1.29 is 14.7 Å². The van der Waals surface area contributed by atoms with Gasteiger partial charge in [-0.05, 0) is 19.9 Å². The zero-order chi connectivity index (χ0) is 12.3. The van der Waals surface area contributed by atoms with Gasteiger partial charge in [-0.1, -0.05) is 0 Å². The minimum absolute atomic E-state index is 0.0473. The number of aliphatic carboxylic acids is 1. The Bertz CT molecular complexity index is 457. The van der Waals surface area contributed by atoms with Crippen molar-refractivity contribution in [1.82, 2.24) is 15.5 Å². The average Bonchev–Trinajstić information content (AvgIpc) is 2.17. The second-order valence-electron chi connectivity index (χ2n) is 3.69. The van der Waals surface area contributed by atoms with Gasteiger partial charge in [0.1, 0.15) is 11.2 Å². The monoisotopic (exact) mass is 225 g/mol. The van der Waals surface area contributed by atoms with Gasteiger partial charge in [0.15, 0.2) is 0 Å². The van der Waals surface area contributed by atoms with Crippen LogP contribution in [0.15, 0.2) is 16.9 Å². The first-order chi connectivity index (χ1) is 7.33. The molecule has 0 spiro atoms. The van der Waals surface area contributed by atoms with E-state index in [2.05, 4.69) is 15.5 Å². The number of amides is 1. The first-order valence-corrected chi connectivity index (χ1v) is 4.44. The third-order valence-corrected chi connectivity index (χ3v) is 1.87. The molecule has 0 saturated carbocycles. The summed E-state index contributed by atoms with van der Waals surface area (Å²) in [6, 6.07) is 2.35. The molecule has 86 valence electrons. The molecule has 1 rings (SSSR count). The van der Waals surface area contributed by atoms with Gasteiger partial charge in [-0.25, -0.2) is 9.89 Å². The molecular weight excluding hydrogens is 214 g/mol. The molecular formula is C9H11N3O4. The Morgan fingerprint density at radius 3 is 2.50 bits per heavy atom. The highest BCUT2D eigenvalue weighted by atomic mass is 16.4. The van der Waals surface area contributed by atoms with Crippen LogP contribution in [0.25, 0.3) is 0 Å². The van der Waals surface area contributed by atoms with Crippen molar-refractivity contribution in [2.45, 2.75) is 19.4 Å². The van der Waals surface area contributed by atoms with Gasteiger partial charge in [-0.3, -0.25) is 9.59 Å². The Balaban J connectivity index is 2.84. The summed E-state index contributed by atoms with van der Waals surface area (Å²) in [5, 5.41) is 16.6. The molecule has 1 amide bonds. The Kier molecular flexibility index (Phi) is 3.07. The lowest BCUT2D eigenvalue weighted by atomic mass is 10.1. The van der Waals surface area contributed by atoms with E-state index in [-0.39, 0.29) is 5.69 Å². The van der Waals surface area contributed by atoms with Crippen LogP contribution in [0.4, 0.5) is 0 Å². The van der Waals surface area contributed by atoms with E-state index in [1.807, 2.05) is 0 Å². The summed E-state index contributed by atoms with van der Waals surface area (Å²) in [4.78, 5) is 33.0. The van der Waals surface area contributed by atoms with E-state index >= 15 is 0 Å². The van der Waals surface area contributed by atoms with Crippen LogP contribution in [0.1, 0.15) is 24.3 Å². The number of nitrogens with one attached hydrogen (secondary N) is 2. The van der Waals surface area contributed by atoms with Gasteiger partial charge in [-0.2, -0.15) is 5.10 Å². The largest absolute Gasteiger partial charge is 0.480 e. The molecule has 0 unspecified atom stereocenters. The topological polar surface area (TPSA) is 112 Å². The van der Waals surface area contributed by atoms with Crippen molar-refractivity contribution in [3.8, 4) is 0 Å². The highest BCUT2D eigenvalue weighted by Gasteiger charge is 2.29. The lowest BCUT2D eigenvalue weighted by Crippen LogP contribution is -2.49. The summed E-state index contributed by atoms with van der Waals surface area (Å²) in [6.07, 6.45) is 0. The fourth-order valence-corrected chi connectivity index (χ4v) is 0.872. The second kappa shape index (κ2) is 4.13. The molecule has 1 aromatic rings. The molecule has 0 aliphatic heterocycles. The fraction of sp³-hybridized carbons (Fsp3) is 0.333. The molecule has 0 aromatic carbocycles. The summed E-state index contributed by atoms with van der Waals surface area (Å²) in [7, 11) is 0. The Morgan fingerprint density at radius 1 is 1.44 bits per heavy atom. The van der Waals surface area contributed by atoms with Crippen molar-refractivity contribution in [2.24, 2.45) is 0 Å². The number of carbonyl (C=O) groups excluding carboxylic acids is 1.